The van der Waals surface area contributed by atoms with E-state index in [-0.39, 0.29) is 0 Å². The van der Waals surface area contributed by atoms with Gasteiger partial charge in [-0.15, -0.1) is 0 Å². The molecule has 0 saturated heterocycles. The van der Waals surface area contributed by atoms with Crippen LogP contribution in [-0.2, 0) is 0 Å². The molecule has 0 saturated carbocycles. The molecule has 0 atom stereocenters. The molecule has 0 nitrogen and oxygen atoms in total. The van der Waals surface area contributed by atoms with Crippen molar-refractivity contribution in [2.24, 2.45) is 0 Å². The van der Waals surface area contributed by atoms with E-state index < -0.39 is 24.5 Å². The molecule has 0 fully saturated rings. The lowest BCUT2D eigenvalue weighted by atomic mass is 8.76. The molecule has 0 rings (SSSR count). The second-order valence-electron chi connectivity index (χ2n) is 2.58. The first kappa shape index (κ1) is 11.6. The summed E-state index contributed by atoms with van der Waals surface area (Å²) in [6.45, 7) is -2.83. The Morgan fingerprint density at radius 2 is 0.818 bits per heavy atom. The van der Waals surface area contributed by atoms with Crippen LogP contribution < -0.4 is 0 Å². The van der Waals surface area contributed by atoms with Gasteiger partial charge in [-0.2, -0.15) is 5.01 Å². The topological polar surface area (TPSA) is 0 Å². The fourth-order valence-corrected chi connectivity index (χ4v) is 0.667. The van der Waals surface area contributed by atoms with Gasteiger partial charge in [-0.25, -0.2) is 0 Å². The Morgan fingerprint density at radius 3 is 0.818 bits per heavy atom. The van der Waals surface area contributed by atoms with Crippen molar-refractivity contribution in [1.29, 1.82) is 0 Å². The molecule has 11 heavy (non-hydrogen) atoms. The van der Waals surface area contributed by atoms with Crippen LogP contribution in [0.3, 0.4) is 0 Å². The van der Waals surface area contributed by atoms with Crippen molar-refractivity contribution in [3.05, 3.63) is 0 Å². The first-order chi connectivity index (χ1) is 4.83. The molecule has 0 heterocycles. The van der Waals surface area contributed by atoms with Crippen molar-refractivity contribution in [2.75, 3.05) is 0 Å². The minimum atomic E-state index is -1.33. The smallest absolute Gasteiger partial charge is 0.0409 e. The molecule has 14 radical (unpaired) electrons. The van der Waals surface area contributed by atoms with Gasteiger partial charge in [0.1, 0.15) is 0 Å². The summed E-state index contributed by atoms with van der Waals surface area (Å²) < 4.78 is 0. The maximum atomic E-state index is 5.58. The van der Waals surface area contributed by atoms with Gasteiger partial charge < -0.3 is 0 Å². The van der Waals surface area contributed by atoms with E-state index >= 15 is 0 Å². The molecule has 10 heteroatoms. The summed E-state index contributed by atoms with van der Waals surface area (Å²) in [4.78, 5) is 0. The quantitative estimate of drug-likeness (QED) is 0.338. The molecule has 0 aromatic rings. The summed E-state index contributed by atoms with van der Waals surface area (Å²) in [5.41, 5.74) is 0. The predicted octanol–water partition coefficient (Wildman–Crippen LogP) is -3.59. The van der Waals surface area contributed by atoms with E-state index in [1.54, 1.807) is 0 Å². The van der Waals surface area contributed by atoms with E-state index in [9.17, 15) is 0 Å². The van der Waals surface area contributed by atoms with Crippen molar-refractivity contribution < 1.29 is 0 Å². The number of rotatable bonds is 3. The van der Waals surface area contributed by atoms with Gasteiger partial charge in [0.2, 0.25) is 0 Å². The van der Waals surface area contributed by atoms with Gasteiger partial charge in [0.25, 0.3) is 0 Å². The molecule has 0 aliphatic carbocycles. The van der Waals surface area contributed by atoms with Gasteiger partial charge in [0.15, 0.2) is 0 Å². The van der Waals surface area contributed by atoms with Crippen LogP contribution in [0.4, 0.5) is 0 Å². The molecule has 0 aliphatic heterocycles. The average Bonchev–Trinajstić information content (AvgIpc) is 1.84. The average molecular weight is 120 g/mol. The van der Waals surface area contributed by atoms with Gasteiger partial charge in [-0.3, -0.25) is 0 Å². The van der Waals surface area contributed by atoms with E-state index in [0.717, 1.165) is 0 Å². The fourth-order valence-electron chi connectivity index (χ4n) is 0.667. The second-order valence-corrected chi connectivity index (χ2v) is 2.58. The third-order valence-corrected chi connectivity index (χ3v) is 1.73. The molecule has 0 aromatic heterocycles. The third-order valence-electron chi connectivity index (χ3n) is 1.73. The van der Waals surface area contributed by atoms with Crippen LogP contribution in [0.5, 0.6) is 0 Å². The molecule has 0 amide bonds. The van der Waals surface area contributed by atoms with Gasteiger partial charge >= 0.3 is 0 Å². The molecule has 0 N–H and O–H groups in total. The normalized spacial score (nSPS) is 10.5. The van der Waals surface area contributed by atoms with Crippen molar-refractivity contribution in [3.63, 3.8) is 0 Å². The third kappa shape index (κ3) is 2.29. The molecule has 0 bridgehead atoms. The van der Waals surface area contributed by atoms with Crippen LogP contribution in [0.25, 0.3) is 0 Å². The lowest BCUT2D eigenvalue weighted by Crippen LogP contribution is -2.57. The van der Waals surface area contributed by atoms with E-state index in [1.807, 2.05) is 0 Å². The Bertz CT molecular complexity index is 92.3. The molecule has 0 aromatic carbocycles. The van der Waals surface area contributed by atoms with Crippen LogP contribution in [0.1, 0.15) is 0 Å². The highest BCUT2D eigenvalue weighted by Crippen LogP contribution is 2.23. The SMILES string of the molecule is [B]B([B])C([B])(B([B])[B])B([B])[B]. The largest absolute Gasteiger partial charge is 0.167 e. The minimum Gasteiger partial charge on any atom is -0.167 e. The van der Waals surface area contributed by atoms with Crippen molar-refractivity contribution in [2.45, 2.75) is 5.01 Å². The van der Waals surface area contributed by atoms with E-state index in [0.29, 0.717) is 0 Å². The van der Waals surface area contributed by atoms with Crippen molar-refractivity contribution in [3.8, 4) is 0 Å². The number of hydrogen-bond acceptors (Lipinski definition) is 0. The zero-order valence-electron chi connectivity index (χ0n) is 6.27. The van der Waals surface area contributed by atoms with Crippen LogP contribution in [-0.4, -0.2) is 73.8 Å². The Hall–Kier alpha value is 0.649. The van der Waals surface area contributed by atoms with Gasteiger partial charge in [-0.1, -0.05) is 0 Å². The van der Waals surface area contributed by atoms with Crippen LogP contribution >= 0.6 is 0 Å². The van der Waals surface area contributed by atoms with Crippen LogP contribution in [0, 0.1) is 0 Å². The predicted molar refractivity (Wildman–Crippen MR) is 60.2 cm³/mol. The van der Waals surface area contributed by atoms with Gasteiger partial charge in [0, 0.05) is 73.8 Å². The zero-order chi connectivity index (χ0) is 9.23. The Labute approximate surface area is 79.2 Å². The molecule has 0 aliphatic rings. The zero-order valence-corrected chi connectivity index (χ0v) is 6.27. The maximum Gasteiger partial charge on any atom is 0.0409 e. The molecular weight excluding hydrogens is 120 g/mol. The summed E-state index contributed by atoms with van der Waals surface area (Å²) in [7, 11) is 37.4. The second kappa shape index (κ2) is 4.05. The Balaban J connectivity index is 4.53. The lowest BCUT2D eigenvalue weighted by Gasteiger charge is -2.42. The van der Waals surface area contributed by atoms with Crippen LogP contribution in [0.2, 0.25) is 5.01 Å². The highest BCUT2D eigenvalue weighted by molar-refractivity contribution is 7.57. The van der Waals surface area contributed by atoms with E-state index in [1.165, 1.54) is 0 Å². The molecule has 34 valence electrons. The fraction of sp³-hybridized carbons (Fsp3) is 1.00. The number of hydrogen-bond donors (Lipinski definition) is 0. The highest BCUT2D eigenvalue weighted by Gasteiger charge is 2.34. The monoisotopic (exact) mass is 122 g/mol. The lowest BCUT2D eigenvalue weighted by molar-refractivity contribution is 1.63. The van der Waals surface area contributed by atoms with E-state index in [4.69, 9.17) is 54.3 Å². The van der Waals surface area contributed by atoms with Gasteiger partial charge in [0.05, 0.1) is 0 Å². The van der Waals surface area contributed by atoms with Gasteiger partial charge in [-0.05, 0) is 0 Å². The summed E-state index contributed by atoms with van der Waals surface area (Å²) in [5, 5.41) is -1.33. The van der Waals surface area contributed by atoms with Crippen LogP contribution in [0.15, 0.2) is 0 Å². The molecule has 0 spiro atoms. The Kier molecular flexibility index (Phi) is 4.29. The molecular formula is CB10. The first-order valence-corrected chi connectivity index (χ1v) is 3.15. The first-order valence-electron chi connectivity index (χ1n) is 3.15. The van der Waals surface area contributed by atoms with E-state index in [2.05, 4.69) is 0 Å². The maximum absolute atomic E-state index is 5.58. The summed E-state index contributed by atoms with van der Waals surface area (Å²) in [6.07, 6.45) is 0. The standard InChI is InChI=1S/CB10/c2-1(9(3)4,10(5)6)11(7)8. The Morgan fingerprint density at radius 1 is 0.636 bits per heavy atom. The van der Waals surface area contributed by atoms with Crippen molar-refractivity contribution >= 4 is 73.8 Å². The highest BCUT2D eigenvalue weighted by atomic mass is 13.7. The summed E-state index contributed by atoms with van der Waals surface area (Å²) >= 11 is 0. The molecule has 0 unspecified atom stereocenters. The van der Waals surface area contributed by atoms with Crippen molar-refractivity contribution in [1.82, 2.24) is 0 Å². The summed E-state index contributed by atoms with van der Waals surface area (Å²) in [6, 6.07) is 0. The summed E-state index contributed by atoms with van der Waals surface area (Å²) in [5.74, 6) is 0. The minimum absolute atomic E-state index is 0.942.